The van der Waals surface area contributed by atoms with Crippen LogP contribution in [0.2, 0.25) is 0 Å². The molecule has 0 radical (unpaired) electrons. The van der Waals surface area contributed by atoms with Crippen LogP contribution in [0.1, 0.15) is 34.6 Å². The Morgan fingerprint density at radius 3 is 2.43 bits per heavy atom. The van der Waals surface area contributed by atoms with Crippen molar-refractivity contribution in [1.82, 2.24) is 25.1 Å². The van der Waals surface area contributed by atoms with E-state index in [1.54, 1.807) is 4.68 Å². The van der Waals surface area contributed by atoms with Crippen LogP contribution in [0.4, 0.5) is 5.69 Å². The SMILES string of the molecule is Cc1nnnn1Cc1ccc(C(=O)Nc2ccc(OC3CCN(C)CC3)cc2)cc1. The molecular formula is C22H26N6O2. The van der Waals surface area contributed by atoms with Gasteiger partial charge in [-0.15, -0.1) is 5.10 Å². The van der Waals surface area contributed by atoms with Crippen molar-refractivity contribution in [2.45, 2.75) is 32.4 Å². The minimum atomic E-state index is -0.149. The predicted molar refractivity (Wildman–Crippen MR) is 114 cm³/mol. The molecule has 0 spiro atoms. The number of piperidine rings is 1. The van der Waals surface area contributed by atoms with Gasteiger partial charge in [0.15, 0.2) is 0 Å². The number of aromatic nitrogens is 4. The molecule has 8 heteroatoms. The van der Waals surface area contributed by atoms with Crippen LogP contribution in [0.3, 0.4) is 0 Å². The number of hydrogen-bond donors (Lipinski definition) is 1. The summed E-state index contributed by atoms with van der Waals surface area (Å²) in [6.07, 6.45) is 2.34. The summed E-state index contributed by atoms with van der Waals surface area (Å²) in [6, 6.07) is 15.0. The molecule has 0 bridgehead atoms. The third-order valence-electron chi connectivity index (χ3n) is 5.34. The zero-order valence-electron chi connectivity index (χ0n) is 17.3. The molecule has 3 aromatic rings. The van der Waals surface area contributed by atoms with Gasteiger partial charge in [0.1, 0.15) is 17.7 Å². The van der Waals surface area contributed by atoms with Crippen LogP contribution < -0.4 is 10.1 Å². The van der Waals surface area contributed by atoms with Crippen LogP contribution in [-0.4, -0.2) is 57.3 Å². The van der Waals surface area contributed by atoms with E-state index in [1.807, 2.05) is 55.5 Å². The maximum atomic E-state index is 12.5. The fraction of sp³-hybridized carbons (Fsp3) is 0.364. The highest BCUT2D eigenvalue weighted by Gasteiger charge is 2.18. The van der Waals surface area contributed by atoms with Gasteiger partial charge in [0.05, 0.1) is 6.54 Å². The van der Waals surface area contributed by atoms with E-state index in [1.165, 1.54) is 0 Å². The largest absolute Gasteiger partial charge is 0.490 e. The number of carbonyl (C=O) groups is 1. The van der Waals surface area contributed by atoms with E-state index < -0.39 is 0 Å². The van der Waals surface area contributed by atoms with Gasteiger partial charge >= 0.3 is 0 Å². The fourth-order valence-corrected chi connectivity index (χ4v) is 3.45. The van der Waals surface area contributed by atoms with E-state index in [-0.39, 0.29) is 12.0 Å². The molecule has 2 heterocycles. The number of nitrogens with one attached hydrogen (secondary N) is 1. The van der Waals surface area contributed by atoms with E-state index >= 15 is 0 Å². The summed E-state index contributed by atoms with van der Waals surface area (Å²) < 4.78 is 7.77. The summed E-state index contributed by atoms with van der Waals surface area (Å²) in [4.78, 5) is 14.9. The number of tetrazole rings is 1. The smallest absolute Gasteiger partial charge is 0.255 e. The van der Waals surface area contributed by atoms with E-state index in [0.717, 1.165) is 48.8 Å². The molecule has 0 saturated carbocycles. The Morgan fingerprint density at radius 1 is 1.10 bits per heavy atom. The van der Waals surface area contributed by atoms with Gasteiger partial charge < -0.3 is 15.0 Å². The number of rotatable bonds is 6. The second kappa shape index (κ2) is 9.04. The topological polar surface area (TPSA) is 85.2 Å². The first kappa shape index (κ1) is 20.0. The van der Waals surface area contributed by atoms with Crippen molar-refractivity contribution in [3.05, 3.63) is 65.5 Å². The highest BCUT2D eigenvalue weighted by atomic mass is 16.5. The summed E-state index contributed by atoms with van der Waals surface area (Å²) in [5.41, 5.74) is 2.36. The highest BCUT2D eigenvalue weighted by molar-refractivity contribution is 6.04. The minimum Gasteiger partial charge on any atom is -0.490 e. The molecular weight excluding hydrogens is 380 g/mol. The molecule has 1 amide bonds. The third-order valence-corrected chi connectivity index (χ3v) is 5.34. The maximum absolute atomic E-state index is 12.5. The van der Waals surface area contributed by atoms with Crippen LogP contribution in [0.25, 0.3) is 0 Å². The number of aryl methyl sites for hydroxylation is 1. The fourth-order valence-electron chi connectivity index (χ4n) is 3.45. The Morgan fingerprint density at radius 2 is 1.80 bits per heavy atom. The first-order valence-corrected chi connectivity index (χ1v) is 10.1. The number of carbonyl (C=O) groups excluding carboxylic acids is 1. The second-order valence-electron chi connectivity index (χ2n) is 7.68. The molecule has 2 aromatic carbocycles. The average Bonchev–Trinajstić information content (AvgIpc) is 3.16. The first-order valence-electron chi connectivity index (χ1n) is 10.1. The quantitative estimate of drug-likeness (QED) is 0.678. The summed E-state index contributed by atoms with van der Waals surface area (Å²) >= 11 is 0. The summed E-state index contributed by atoms with van der Waals surface area (Å²) in [7, 11) is 2.14. The van der Waals surface area contributed by atoms with E-state index in [2.05, 4.69) is 32.8 Å². The van der Waals surface area contributed by atoms with Gasteiger partial charge in [-0.05, 0) is 79.2 Å². The molecule has 1 aromatic heterocycles. The summed E-state index contributed by atoms with van der Waals surface area (Å²) in [5.74, 6) is 1.44. The first-order chi connectivity index (χ1) is 14.6. The normalized spacial score (nSPS) is 15.1. The lowest BCUT2D eigenvalue weighted by Crippen LogP contribution is -2.35. The molecule has 1 saturated heterocycles. The van der Waals surface area contributed by atoms with Crippen molar-refractivity contribution < 1.29 is 9.53 Å². The minimum absolute atomic E-state index is 0.149. The van der Waals surface area contributed by atoms with Crippen molar-refractivity contribution in [2.24, 2.45) is 0 Å². The Labute approximate surface area is 175 Å². The van der Waals surface area contributed by atoms with Crippen LogP contribution in [0.15, 0.2) is 48.5 Å². The van der Waals surface area contributed by atoms with Gasteiger partial charge in [-0.3, -0.25) is 4.79 Å². The van der Waals surface area contributed by atoms with Crippen LogP contribution in [-0.2, 0) is 6.54 Å². The van der Waals surface area contributed by atoms with E-state index in [4.69, 9.17) is 4.74 Å². The van der Waals surface area contributed by atoms with Crippen molar-refractivity contribution in [1.29, 1.82) is 0 Å². The van der Waals surface area contributed by atoms with Gasteiger partial charge in [-0.25, -0.2) is 4.68 Å². The Hall–Kier alpha value is -3.26. The third kappa shape index (κ3) is 5.01. The van der Waals surface area contributed by atoms with E-state index in [0.29, 0.717) is 12.1 Å². The zero-order chi connectivity index (χ0) is 20.9. The van der Waals surface area contributed by atoms with Gasteiger partial charge in [0.2, 0.25) is 0 Å². The molecule has 4 rings (SSSR count). The Kier molecular flexibility index (Phi) is 6.04. The molecule has 1 N–H and O–H groups in total. The monoisotopic (exact) mass is 406 g/mol. The number of nitrogens with zero attached hydrogens (tertiary/aromatic N) is 5. The molecule has 8 nitrogen and oxygen atoms in total. The number of likely N-dealkylation sites (tertiary alicyclic amines) is 1. The molecule has 1 fully saturated rings. The van der Waals surface area contributed by atoms with Crippen molar-refractivity contribution in [2.75, 3.05) is 25.5 Å². The molecule has 0 atom stereocenters. The Bertz CT molecular complexity index is 976. The molecule has 0 aliphatic carbocycles. The number of amides is 1. The lowest BCUT2D eigenvalue weighted by atomic mass is 10.1. The molecule has 1 aliphatic rings. The van der Waals surface area contributed by atoms with E-state index in [9.17, 15) is 4.79 Å². The zero-order valence-corrected chi connectivity index (χ0v) is 17.3. The Balaban J connectivity index is 1.31. The maximum Gasteiger partial charge on any atom is 0.255 e. The van der Waals surface area contributed by atoms with Gasteiger partial charge in [0, 0.05) is 24.3 Å². The van der Waals surface area contributed by atoms with Gasteiger partial charge in [0.25, 0.3) is 5.91 Å². The molecule has 30 heavy (non-hydrogen) atoms. The van der Waals surface area contributed by atoms with Crippen molar-refractivity contribution in [3.8, 4) is 5.75 Å². The highest BCUT2D eigenvalue weighted by Crippen LogP contribution is 2.21. The lowest BCUT2D eigenvalue weighted by molar-refractivity contribution is 0.102. The number of anilines is 1. The average molecular weight is 406 g/mol. The van der Waals surface area contributed by atoms with Crippen molar-refractivity contribution in [3.63, 3.8) is 0 Å². The number of ether oxygens (including phenoxy) is 1. The van der Waals surface area contributed by atoms with Gasteiger partial charge in [-0.1, -0.05) is 12.1 Å². The predicted octanol–water partition coefficient (Wildman–Crippen LogP) is 2.76. The molecule has 156 valence electrons. The second-order valence-corrected chi connectivity index (χ2v) is 7.68. The van der Waals surface area contributed by atoms with Crippen molar-refractivity contribution >= 4 is 11.6 Å². The van der Waals surface area contributed by atoms with Crippen LogP contribution >= 0.6 is 0 Å². The molecule has 1 aliphatic heterocycles. The van der Waals surface area contributed by atoms with Gasteiger partial charge in [-0.2, -0.15) is 0 Å². The number of benzene rings is 2. The lowest BCUT2D eigenvalue weighted by Gasteiger charge is -2.29. The summed E-state index contributed by atoms with van der Waals surface area (Å²) in [6.45, 7) is 4.55. The van der Waals surface area contributed by atoms with Crippen LogP contribution in [0.5, 0.6) is 5.75 Å². The standard InChI is InChI=1S/C22H26N6O2/c1-16-24-25-26-28(16)15-17-3-5-18(6-4-17)22(29)23-19-7-9-20(10-8-19)30-21-11-13-27(2)14-12-21/h3-10,21H,11-15H2,1-2H3,(H,23,29). The number of hydrogen-bond acceptors (Lipinski definition) is 6. The molecule has 0 unspecified atom stereocenters. The summed E-state index contributed by atoms with van der Waals surface area (Å²) in [5, 5.41) is 14.4. The van der Waals surface area contributed by atoms with Crippen LogP contribution in [0, 0.1) is 6.92 Å².